The van der Waals surface area contributed by atoms with Crippen LogP contribution in [0, 0.1) is 0 Å². The second kappa shape index (κ2) is 5.76. The molecular weight excluding hydrogens is 264 g/mol. The first-order valence-corrected chi connectivity index (χ1v) is 6.69. The molecular formula is C16H16N4O. The van der Waals surface area contributed by atoms with Crippen LogP contribution in [-0.2, 0) is 13.2 Å². The van der Waals surface area contributed by atoms with E-state index in [1.807, 2.05) is 48.5 Å². The first kappa shape index (κ1) is 13.3. The van der Waals surface area contributed by atoms with Gasteiger partial charge >= 0.3 is 0 Å². The first-order valence-electron chi connectivity index (χ1n) is 6.69. The normalized spacial score (nSPS) is 10.7. The topological polar surface area (TPSA) is 87.0 Å². The summed E-state index contributed by atoms with van der Waals surface area (Å²) < 4.78 is 5.70. The number of hydrogen-bond donors (Lipinski definition) is 2. The molecule has 0 saturated heterocycles. The lowest BCUT2D eigenvalue weighted by molar-refractivity contribution is 0.296. The number of para-hydroxylation sites is 1. The molecule has 0 amide bonds. The molecule has 0 fully saturated rings. The van der Waals surface area contributed by atoms with Crippen molar-refractivity contribution in [2.75, 3.05) is 5.73 Å². The molecule has 0 saturated carbocycles. The number of nitrogens with two attached hydrogens (primary N) is 2. The molecule has 0 aliphatic carbocycles. The first-order chi connectivity index (χ1) is 10.3. The Hall–Kier alpha value is -2.66. The van der Waals surface area contributed by atoms with Crippen LogP contribution in [0.5, 0.6) is 5.75 Å². The molecule has 0 spiro atoms. The number of nitrogen functional groups attached to an aromatic ring is 1. The Kier molecular flexibility index (Phi) is 3.66. The van der Waals surface area contributed by atoms with Crippen LogP contribution in [0.1, 0.15) is 11.4 Å². The van der Waals surface area contributed by atoms with E-state index in [1.54, 1.807) is 0 Å². The van der Waals surface area contributed by atoms with Crippen molar-refractivity contribution < 1.29 is 4.74 Å². The van der Waals surface area contributed by atoms with E-state index < -0.39 is 0 Å². The molecule has 0 aliphatic rings. The van der Waals surface area contributed by atoms with Gasteiger partial charge in [-0.05, 0) is 29.8 Å². The third-order valence-corrected chi connectivity index (χ3v) is 3.18. The van der Waals surface area contributed by atoms with Gasteiger partial charge in [-0.15, -0.1) is 0 Å². The van der Waals surface area contributed by atoms with Crippen LogP contribution < -0.4 is 16.2 Å². The van der Waals surface area contributed by atoms with Gasteiger partial charge < -0.3 is 16.2 Å². The molecule has 0 unspecified atom stereocenters. The highest BCUT2D eigenvalue weighted by atomic mass is 16.5. The van der Waals surface area contributed by atoms with Crippen LogP contribution in [0.15, 0.2) is 48.5 Å². The molecule has 0 radical (unpaired) electrons. The van der Waals surface area contributed by atoms with Crippen molar-refractivity contribution in [3.05, 3.63) is 59.9 Å². The van der Waals surface area contributed by atoms with Crippen molar-refractivity contribution in [1.29, 1.82) is 0 Å². The van der Waals surface area contributed by atoms with E-state index in [0.29, 0.717) is 18.2 Å². The van der Waals surface area contributed by atoms with Gasteiger partial charge in [0.1, 0.15) is 18.2 Å². The maximum absolute atomic E-state index is 5.95. The standard InChI is InChI=1S/C16H16N4O/c17-9-11-4-3-5-12(8-11)21-10-15-19-14-7-2-1-6-13(14)16(18)20-15/h1-8H,9-10,17H2,(H2,18,19,20). The summed E-state index contributed by atoms with van der Waals surface area (Å²) in [5.41, 5.74) is 13.4. The van der Waals surface area contributed by atoms with Crippen LogP contribution in [0.4, 0.5) is 5.82 Å². The summed E-state index contributed by atoms with van der Waals surface area (Å²) in [6.45, 7) is 0.750. The Labute approximate surface area is 122 Å². The highest BCUT2D eigenvalue weighted by Crippen LogP contribution is 2.18. The second-order valence-corrected chi connectivity index (χ2v) is 4.68. The smallest absolute Gasteiger partial charge is 0.168 e. The summed E-state index contributed by atoms with van der Waals surface area (Å²) in [4.78, 5) is 8.73. The summed E-state index contributed by atoms with van der Waals surface area (Å²) in [7, 11) is 0. The quantitative estimate of drug-likeness (QED) is 0.765. The SMILES string of the molecule is NCc1cccc(OCc2nc(N)c3ccccc3n2)c1. The number of nitrogens with zero attached hydrogens (tertiary/aromatic N) is 2. The van der Waals surface area contributed by atoms with E-state index in [2.05, 4.69) is 9.97 Å². The number of hydrogen-bond acceptors (Lipinski definition) is 5. The Balaban J connectivity index is 1.81. The monoisotopic (exact) mass is 280 g/mol. The van der Waals surface area contributed by atoms with E-state index in [4.69, 9.17) is 16.2 Å². The predicted molar refractivity (Wildman–Crippen MR) is 82.6 cm³/mol. The van der Waals surface area contributed by atoms with E-state index >= 15 is 0 Å². The van der Waals surface area contributed by atoms with Crippen LogP contribution in [0.2, 0.25) is 0 Å². The van der Waals surface area contributed by atoms with Gasteiger partial charge in [-0.2, -0.15) is 0 Å². The summed E-state index contributed by atoms with van der Waals surface area (Å²) in [5.74, 6) is 1.77. The average Bonchev–Trinajstić information content (AvgIpc) is 2.53. The fourth-order valence-corrected chi connectivity index (χ4v) is 2.13. The van der Waals surface area contributed by atoms with E-state index in [9.17, 15) is 0 Å². The van der Waals surface area contributed by atoms with Gasteiger partial charge in [0.25, 0.3) is 0 Å². The Morgan fingerprint density at radius 1 is 1.00 bits per heavy atom. The van der Waals surface area contributed by atoms with Gasteiger partial charge in [0.2, 0.25) is 0 Å². The molecule has 3 aromatic rings. The molecule has 106 valence electrons. The molecule has 0 atom stereocenters. The summed E-state index contributed by atoms with van der Waals surface area (Å²) in [6, 6.07) is 15.3. The molecule has 0 aliphatic heterocycles. The molecule has 2 aromatic carbocycles. The van der Waals surface area contributed by atoms with Crippen molar-refractivity contribution in [3.8, 4) is 5.75 Å². The van der Waals surface area contributed by atoms with Crippen LogP contribution in [0.25, 0.3) is 10.9 Å². The minimum atomic E-state index is 0.267. The molecule has 5 nitrogen and oxygen atoms in total. The highest BCUT2D eigenvalue weighted by molar-refractivity contribution is 5.87. The van der Waals surface area contributed by atoms with Crippen molar-refractivity contribution in [2.24, 2.45) is 5.73 Å². The Morgan fingerprint density at radius 3 is 2.71 bits per heavy atom. The lowest BCUT2D eigenvalue weighted by Crippen LogP contribution is -2.05. The van der Waals surface area contributed by atoms with Crippen molar-refractivity contribution in [1.82, 2.24) is 9.97 Å². The zero-order valence-corrected chi connectivity index (χ0v) is 11.5. The molecule has 1 aromatic heterocycles. The van der Waals surface area contributed by atoms with Gasteiger partial charge in [0, 0.05) is 11.9 Å². The zero-order valence-electron chi connectivity index (χ0n) is 11.5. The fraction of sp³-hybridized carbons (Fsp3) is 0.125. The van der Waals surface area contributed by atoms with Crippen LogP contribution in [-0.4, -0.2) is 9.97 Å². The number of fused-ring (bicyclic) bond motifs is 1. The minimum Gasteiger partial charge on any atom is -0.486 e. The van der Waals surface area contributed by atoms with Gasteiger partial charge in [0.15, 0.2) is 5.82 Å². The van der Waals surface area contributed by atoms with Crippen LogP contribution >= 0.6 is 0 Å². The third kappa shape index (κ3) is 2.93. The van der Waals surface area contributed by atoms with Gasteiger partial charge in [-0.3, -0.25) is 0 Å². The van der Waals surface area contributed by atoms with Crippen LogP contribution in [0.3, 0.4) is 0 Å². The van der Waals surface area contributed by atoms with E-state index in [0.717, 1.165) is 22.2 Å². The van der Waals surface area contributed by atoms with E-state index in [1.165, 1.54) is 0 Å². The Bertz CT molecular complexity index is 773. The van der Waals surface area contributed by atoms with Crippen molar-refractivity contribution >= 4 is 16.7 Å². The minimum absolute atomic E-state index is 0.267. The van der Waals surface area contributed by atoms with Crippen molar-refractivity contribution in [2.45, 2.75) is 13.2 Å². The number of rotatable bonds is 4. The number of aromatic nitrogens is 2. The number of benzene rings is 2. The molecule has 21 heavy (non-hydrogen) atoms. The summed E-state index contributed by atoms with van der Waals surface area (Å²) in [6.07, 6.45) is 0. The molecule has 4 N–H and O–H groups in total. The lowest BCUT2D eigenvalue weighted by atomic mass is 10.2. The summed E-state index contributed by atoms with van der Waals surface area (Å²) >= 11 is 0. The maximum atomic E-state index is 5.95. The van der Waals surface area contributed by atoms with Gasteiger partial charge in [-0.1, -0.05) is 24.3 Å². The zero-order chi connectivity index (χ0) is 14.7. The van der Waals surface area contributed by atoms with Gasteiger partial charge in [0.05, 0.1) is 5.52 Å². The Morgan fingerprint density at radius 2 is 1.86 bits per heavy atom. The lowest BCUT2D eigenvalue weighted by Gasteiger charge is -2.08. The number of ether oxygens (including phenoxy) is 1. The second-order valence-electron chi connectivity index (χ2n) is 4.68. The van der Waals surface area contributed by atoms with Crippen molar-refractivity contribution in [3.63, 3.8) is 0 Å². The maximum Gasteiger partial charge on any atom is 0.168 e. The summed E-state index contributed by atoms with van der Waals surface area (Å²) in [5, 5.41) is 0.853. The largest absolute Gasteiger partial charge is 0.486 e. The molecule has 5 heteroatoms. The fourth-order valence-electron chi connectivity index (χ4n) is 2.13. The molecule has 1 heterocycles. The number of anilines is 1. The molecule has 0 bridgehead atoms. The van der Waals surface area contributed by atoms with E-state index in [-0.39, 0.29) is 6.61 Å². The predicted octanol–water partition coefficient (Wildman–Crippen LogP) is 2.25. The average molecular weight is 280 g/mol. The molecule has 3 rings (SSSR count). The van der Waals surface area contributed by atoms with Gasteiger partial charge in [-0.25, -0.2) is 9.97 Å². The third-order valence-electron chi connectivity index (χ3n) is 3.18. The highest BCUT2D eigenvalue weighted by Gasteiger charge is 2.05.